The van der Waals surface area contributed by atoms with E-state index in [9.17, 15) is 4.79 Å². The van der Waals surface area contributed by atoms with Gasteiger partial charge in [0.25, 0.3) is 5.91 Å². The van der Waals surface area contributed by atoms with Gasteiger partial charge in [0, 0.05) is 27.3 Å². The predicted molar refractivity (Wildman–Crippen MR) is 88.6 cm³/mol. The first-order chi connectivity index (χ1) is 10.1. The molecular formula is C17H13BrN2O. The summed E-state index contributed by atoms with van der Waals surface area (Å²) in [6.07, 6.45) is 1.72. The molecule has 1 aromatic heterocycles. The zero-order valence-corrected chi connectivity index (χ0v) is 13.0. The van der Waals surface area contributed by atoms with E-state index in [0.29, 0.717) is 5.56 Å². The maximum Gasteiger partial charge on any atom is 0.256 e. The number of fused-ring (bicyclic) bond motifs is 1. The average Bonchev–Trinajstić information content (AvgIpc) is 2.50. The summed E-state index contributed by atoms with van der Waals surface area (Å²) in [6.45, 7) is 1.99. The molecule has 0 bridgehead atoms. The zero-order valence-electron chi connectivity index (χ0n) is 11.4. The highest BCUT2D eigenvalue weighted by molar-refractivity contribution is 9.10. The van der Waals surface area contributed by atoms with E-state index in [1.54, 1.807) is 6.20 Å². The van der Waals surface area contributed by atoms with Gasteiger partial charge in [-0.3, -0.25) is 9.78 Å². The van der Waals surface area contributed by atoms with Crippen molar-refractivity contribution >= 4 is 38.4 Å². The second-order valence-corrected chi connectivity index (χ2v) is 5.65. The van der Waals surface area contributed by atoms with E-state index in [2.05, 4.69) is 26.2 Å². The third-order valence-electron chi connectivity index (χ3n) is 3.31. The van der Waals surface area contributed by atoms with Gasteiger partial charge in [-0.05, 0) is 48.9 Å². The van der Waals surface area contributed by atoms with Crippen LogP contribution in [0, 0.1) is 6.92 Å². The van der Waals surface area contributed by atoms with Crippen LogP contribution in [0.1, 0.15) is 15.9 Å². The highest BCUT2D eigenvalue weighted by Crippen LogP contribution is 2.22. The van der Waals surface area contributed by atoms with Crippen LogP contribution in [0.25, 0.3) is 10.9 Å². The largest absolute Gasteiger partial charge is 0.322 e. The van der Waals surface area contributed by atoms with Crippen molar-refractivity contribution in [2.24, 2.45) is 0 Å². The van der Waals surface area contributed by atoms with E-state index in [0.717, 1.165) is 26.6 Å². The lowest BCUT2D eigenvalue weighted by Crippen LogP contribution is -2.12. The van der Waals surface area contributed by atoms with Gasteiger partial charge in [-0.2, -0.15) is 0 Å². The number of halogens is 1. The van der Waals surface area contributed by atoms with Crippen LogP contribution in [0.4, 0.5) is 5.69 Å². The van der Waals surface area contributed by atoms with E-state index >= 15 is 0 Å². The van der Waals surface area contributed by atoms with E-state index < -0.39 is 0 Å². The molecule has 0 saturated carbocycles. The Bertz CT molecular complexity index is 825. The van der Waals surface area contributed by atoms with E-state index in [-0.39, 0.29) is 5.91 Å². The molecule has 1 N–H and O–H groups in total. The smallest absolute Gasteiger partial charge is 0.256 e. The maximum absolute atomic E-state index is 12.5. The summed E-state index contributed by atoms with van der Waals surface area (Å²) in [6, 6.07) is 15.0. The fourth-order valence-corrected chi connectivity index (χ4v) is 2.47. The van der Waals surface area contributed by atoms with Crippen LogP contribution < -0.4 is 5.32 Å². The molecule has 3 aromatic rings. The van der Waals surface area contributed by atoms with Gasteiger partial charge >= 0.3 is 0 Å². The topological polar surface area (TPSA) is 42.0 Å². The van der Waals surface area contributed by atoms with E-state index in [1.165, 1.54) is 0 Å². The summed E-state index contributed by atoms with van der Waals surface area (Å²) < 4.78 is 1.02. The minimum atomic E-state index is -0.129. The molecule has 4 heteroatoms. The first-order valence-electron chi connectivity index (χ1n) is 6.56. The second-order valence-electron chi connectivity index (χ2n) is 4.79. The lowest BCUT2D eigenvalue weighted by atomic mass is 10.1. The van der Waals surface area contributed by atoms with Crippen LogP contribution in [-0.4, -0.2) is 10.9 Å². The summed E-state index contributed by atoms with van der Waals surface area (Å²) in [5.41, 5.74) is 3.30. The van der Waals surface area contributed by atoms with Crippen LogP contribution in [0.3, 0.4) is 0 Å². The minimum absolute atomic E-state index is 0.129. The van der Waals surface area contributed by atoms with Crippen molar-refractivity contribution in [3.63, 3.8) is 0 Å². The second kappa shape index (κ2) is 5.66. The van der Waals surface area contributed by atoms with Crippen LogP contribution >= 0.6 is 15.9 Å². The number of hydrogen-bond donors (Lipinski definition) is 1. The Balaban J connectivity index is 1.95. The van der Waals surface area contributed by atoms with Gasteiger partial charge in [0.2, 0.25) is 0 Å². The summed E-state index contributed by atoms with van der Waals surface area (Å²) >= 11 is 3.45. The quantitative estimate of drug-likeness (QED) is 0.743. The van der Waals surface area contributed by atoms with Crippen LogP contribution in [0.15, 0.2) is 59.2 Å². The summed E-state index contributed by atoms with van der Waals surface area (Å²) in [7, 11) is 0. The first-order valence-corrected chi connectivity index (χ1v) is 7.36. The molecule has 0 atom stereocenters. The standard InChI is InChI=1S/C17H13BrN2O/c1-11-10-12(7-8-15(11)18)20-17(21)14-4-2-6-16-13(14)5-3-9-19-16/h2-10H,1H3,(H,20,21). The number of rotatable bonds is 2. The summed E-state index contributed by atoms with van der Waals surface area (Å²) in [5, 5.41) is 3.78. The van der Waals surface area contributed by atoms with Gasteiger partial charge in [-0.15, -0.1) is 0 Å². The number of nitrogens with zero attached hydrogens (tertiary/aromatic N) is 1. The van der Waals surface area contributed by atoms with Crippen molar-refractivity contribution in [3.8, 4) is 0 Å². The molecule has 2 aromatic carbocycles. The molecule has 0 saturated heterocycles. The number of hydrogen-bond acceptors (Lipinski definition) is 2. The Labute approximate surface area is 131 Å². The van der Waals surface area contributed by atoms with Gasteiger partial charge in [0.15, 0.2) is 0 Å². The van der Waals surface area contributed by atoms with Crippen LogP contribution in [0.5, 0.6) is 0 Å². The van der Waals surface area contributed by atoms with Gasteiger partial charge in [0.05, 0.1) is 5.52 Å². The average molecular weight is 341 g/mol. The Morgan fingerprint density at radius 1 is 1.14 bits per heavy atom. The third-order valence-corrected chi connectivity index (χ3v) is 4.20. The summed E-state index contributed by atoms with van der Waals surface area (Å²) in [5.74, 6) is -0.129. The van der Waals surface area contributed by atoms with Crippen LogP contribution in [-0.2, 0) is 0 Å². The fraction of sp³-hybridized carbons (Fsp3) is 0.0588. The van der Waals surface area contributed by atoms with Crippen molar-refractivity contribution in [2.45, 2.75) is 6.92 Å². The SMILES string of the molecule is Cc1cc(NC(=O)c2cccc3ncccc23)ccc1Br. The van der Waals surface area contributed by atoms with E-state index in [4.69, 9.17) is 0 Å². The lowest BCUT2D eigenvalue weighted by Gasteiger charge is -2.09. The van der Waals surface area contributed by atoms with Crippen molar-refractivity contribution in [1.29, 1.82) is 0 Å². The van der Waals surface area contributed by atoms with Gasteiger partial charge in [-0.1, -0.05) is 28.1 Å². The highest BCUT2D eigenvalue weighted by atomic mass is 79.9. The molecule has 104 valence electrons. The lowest BCUT2D eigenvalue weighted by molar-refractivity contribution is 0.102. The van der Waals surface area contributed by atoms with Crippen molar-refractivity contribution in [3.05, 3.63) is 70.3 Å². The fourth-order valence-electron chi connectivity index (χ4n) is 2.22. The first kappa shape index (κ1) is 13.8. The summed E-state index contributed by atoms with van der Waals surface area (Å²) in [4.78, 5) is 16.7. The van der Waals surface area contributed by atoms with Gasteiger partial charge < -0.3 is 5.32 Å². The Morgan fingerprint density at radius 3 is 2.81 bits per heavy atom. The number of benzene rings is 2. The van der Waals surface area contributed by atoms with Crippen molar-refractivity contribution in [1.82, 2.24) is 4.98 Å². The maximum atomic E-state index is 12.5. The molecule has 0 radical (unpaired) electrons. The van der Waals surface area contributed by atoms with Gasteiger partial charge in [0.1, 0.15) is 0 Å². The number of amides is 1. The molecular weight excluding hydrogens is 328 g/mol. The molecule has 0 aliphatic heterocycles. The number of carbonyl (C=O) groups excluding carboxylic acids is 1. The molecule has 0 unspecified atom stereocenters. The predicted octanol–water partition coefficient (Wildman–Crippen LogP) is 4.56. The number of aryl methyl sites for hydroxylation is 1. The number of anilines is 1. The molecule has 1 heterocycles. The Kier molecular flexibility index (Phi) is 3.71. The zero-order chi connectivity index (χ0) is 14.8. The molecule has 3 nitrogen and oxygen atoms in total. The molecule has 0 spiro atoms. The van der Waals surface area contributed by atoms with Gasteiger partial charge in [-0.25, -0.2) is 0 Å². The number of aromatic nitrogens is 1. The Hall–Kier alpha value is -2.20. The molecule has 1 amide bonds. The highest BCUT2D eigenvalue weighted by Gasteiger charge is 2.10. The number of carbonyl (C=O) groups is 1. The molecule has 3 rings (SSSR count). The van der Waals surface area contributed by atoms with E-state index in [1.807, 2.05) is 55.5 Å². The monoisotopic (exact) mass is 340 g/mol. The molecule has 0 fully saturated rings. The van der Waals surface area contributed by atoms with Crippen LogP contribution in [0.2, 0.25) is 0 Å². The molecule has 0 aliphatic rings. The van der Waals surface area contributed by atoms with Crippen molar-refractivity contribution in [2.75, 3.05) is 5.32 Å². The number of nitrogens with one attached hydrogen (secondary N) is 1. The number of pyridine rings is 1. The Morgan fingerprint density at radius 2 is 2.00 bits per heavy atom. The van der Waals surface area contributed by atoms with Crippen molar-refractivity contribution < 1.29 is 4.79 Å². The normalized spacial score (nSPS) is 10.6. The molecule has 0 aliphatic carbocycles. The molecule has 21 heavy (non-hydrogen) atoms. The minimum Gasteiger partial charge on any atom is -0.322 e. The third kappa shape index (κ3) is 2.81.